The molecular formula is C21H30N2O3. The topological polar surface area (TPSA) is 75.4 Å². The summed E-state index contributed by atoms with van der Waals surface area (Å²) in [5.41, 5.74) is 2.29. The van der Waals surface area contributed by atoms with Crippen molar-refractivity contribution < 1.29 is 14.3 Å². The van der Waals surface area contributed by atoms with Crippen LogP contribution in [0.3, 0.4) is 0 Å². The van der Waals surface area contributed by atoms with Crippen molar-refractivity contribution in [2.24, 2.45) is 0 Å². The van der Waals surface area contributed by atoms with E-state index in [0.29, 0.717) is 31.2 Å². The number of aliphatic hydroxyl groups excluding tert-OH is 1. The Morgan fingerprint density at radius 2 is 1.88 bits per heavy atom. The molecule has 1 aromatic carbocycles. The predicted molar refractivity (Wildman–Crippen MR) is 103 cm³/mol. The molecule has 0 fully saturated rings. The number of unbranched alkanes of at least 4 members (excludes halogenated alkanes) is 3. The number of aromatic nitrogens is 1. The normalized spacial score (nSPS) is 11.1. The van der Waals surface area contributed by atoms with Gasteiger partial charge >= 0.3 is 0 Å². The van der Waals surface area contributed by atoms with Gasteiger partial charge in [-0.15, -0.1) is 0 Å². The van der Waals surface area contributed by atoms with Crippen LogP contribution >= 0.6 is 0 Å². The number of carbonyl (C=O) groups excluding carboxylic acids is 1. The minimum Gasteiger partial charge on any atom is -0.441 e. The Labute approximate surface area is 155 Å². The summed E-state index contributed by atoms with van der Waals surface area (Å²) in [5.74, 6) is 1.85. The number of rotatable bonds is 11. The highest BCUT2D eigenvalue weighted by molar-refractivity contribution is 5.76. The lowest BCUT2D eigenvalue weighted by Gasteiger charge is -2.05. The molecule has 5 heteroatoms. The third kappa shape index (κ3) is 6.64. The molecule has 1 aromatic heterocycles. The van der Waals surface area contributed by atoms with Crippen LogP contribution in [-0.4, -0.2) is 29.1 Å². The molecule has 2 rings (SSSR count). The van der Waals surface area contributed by atoms with E-state index < -0.39 is 0 Å². The van der Waals surface area contributed by atoms with Crippen molar-refractivity contribution in [2.75, 3.05) is 13.2 Å². The summed E-state index contributed by atoms with van der Waals surface area (Å²) in [5, 5.41) is 11.6. The van der Waals surface area contributed by atoms with E-state index in [0.717, 1.165) is 37.0 Å². The lowest BCUT2D eigenvalue weighted by molar-refractivity contribution is -0.121. The van der Waals surface area contributed by atoms with E-state index in [1.165, 1.54) is 5.56 Å². The fourth-order valence-electron chi connectivity index (χ4n) is 2.72. The van der Waals surface area contributed by atoms with Crippen LogP contribution < -0.4 is 5.32 Å². The number of nitrogens with zero attached hydrogens (tertiary/aromatic N) is 1. The SMILES string of the molecule is CC(C)c1ccc(-c2cnc(CCC(=O)NCCCCCCO)o2)cc1. The maximum Gasteiger partial charge on any atom is 0.220 e. The van der Waals surface area contributed by atoms with Crippen molar-refractivity contribution >= 4 is 5.91 Å². The van der Waals surface area contributed by atoms with E-state index in [9.17, 15) is 4.79 Å². The van der Waals surface area contributed by atoms with E-state index in [1.807, 2.05) is 12.1 Å². The Kier molecular flexibility index (Phi) is 8.35. The quantitative estimate of drug-likeness (QED) is 0.594. The Balaban J connectivity index is 1.73. The second-order valence-electron chi connectivity index (χ2n) is 6.88. The summed E-state index contributed by atoms with van der Waals surface area (Å²) in [6, 6.07) is 8.30. The first-order valence-corrected chi connectivity index (χ1v) is 9.52. The van der Waals surface area contributed by atoms with Crippen molar-refractivity contribution in [1.29, 1.82) is 0 Å². The van der Waals surface area contributed by atoms with E-state index in [4.69, 9.17) is 9.52 Å². The highest BCUT2D eigenvalue weighted by Gasteiger charge is 2.09. The molecule has 26 heavy (non-hydrogen) atoms. The summed E-state index contributed by atoms with van der Waals surface area (Å²) in [4.78, 5) is 16.1. The molecular weight excluding hydrogens is 328 g/mol. The number of carbonyl (C=O) groups is 1. The molecule has 0 atom stereocenters. The van der Waals surface area contributed by atoms with E-state index >= 15 is 0 Å². The van der Waals surface area contributed by atoms with Gasteiger partial charge in [-0.25, -0.2) is 4.98 Å². The highest BCUT2D eigenvalue weighted by Crippen LogP contribution is 2.23. The Morgan fingerprint density at radius 1 is 1.15 bits per heavy atom. The largest absolute Gasteiger partial charge is 0.441 e. The first kappa shape index (κ1) is 20.2. The molecule has 142 valence electrons. The zero-order valence-corrected chi connectivity index (χ0v) is 15.8. The second kappa shape index (κ2) is 10.8. The minimum atomic E-state index is 0.0215. The maximum absolute atomic E-state index is 11.9. The molecule has 0 bridgehead atoms. The van der Waals surface area contributed by atoms with Gasteiger partial charge in [0.2, 0.25) is 5.91 Å². The second-order valence-corrected chi connectivity index (χ2v) is 6.88. The van der Waals surface area contributed by atoms with Crippen LogP contribution in [0, 0.1) is 0 Å². The zero-order valence-electron chi connectivity index (χ0n) is 15.8. The van der Waals surface area contributed by atoms with Crippen molar-refractivity contribution in [3.63, 3.8) is 0 Å². The molecule has 2 N–H and O–H groups in total. The molecule has 0 aliphatic rings. The highest BCUT2D eigenvalue weighted by atomic mass is 16.4. The van der Waals surface area contributed by atoms with Crippen LogP contribution in [0.2, 0.25) is 0 Å². The molecule has 0 aliphatic carbocycles. The zero-order chi connectivity index (χ0) is 18.8. The lowest BCUT2D eigenvalue weighted by Crippen LogP contribution is -2.24. The van der Waals surface area contributed by atoms with E-state index in [2.05, 4.69) is 36.3 Å². The predicted octanol–water partition coefficient (Wildman–Crippen LogP) is 4.07. The van der Waals surface area contributed by atoms with Crippen molar-refractivity contribution in [2.45, 2.75) is 58.3 Å². The summed E-state index contributed by atoms with van der Waals surface area (Å²) in [6.07, 6.45) is 6.41. The van der Waals surface area contributed by atoms with Crippen molar-refractivity contribution in [1.82, 2.24) is 10.3 Å². The van der Waals surface area contributed by atoms with Crippen LogP contribution in [0.25, 0.3) is 11.3 Å². The van der Waals surface area contributed by atoms with E-state index in [1.54, 1.807) is 6.20 Å². The van der Waals surface area contributed by atoms with Gasteiger partial charge in [-0.05, 0) is 24.3 Å². The fourth-order valence-corrected chi connectivity index (χ4v) is 2.72. The van der Waals surface area contributed by atoms with Crippen LogP contribution in [0.5, 0.6) is 0 Å². The van der Waals surface area contributed by atoms with Crippen LogP contribution in [-0.2, 0) is 11.2 Å². The number of aliphatic hydroxyl groups is 1. The molecule has 0 aliphatic heterocycles. The molecule has 2 aromatic rings. The minimum absolute atomic E-state index is 0.0215. The monoisotopic (exact) mass is 358 g/mol. The molecule has 5 nitrogen and oxygen atoms in total. The standard InChI is InChI=1S/C21H30N2O3/c1-16(2)17-7-9-18(10-8-17)19-15-23-21(26-19)12-11-20(25)22-13-5-3-4-6-14-24/h7-10,15-16,24H,3-6,11-14H2,1-2H3,(H,22,25). The van der Waals surface area contributed by atoms with Gasteiger partial charge in [0, 0.05) is 31.6 Å². The summed E-state index contributed by atoms with van der Waals surface area (Å²) >= 11 is 0. The third-order valence-electron chi connectivity index (χ3n) is 4.39. The molecule has 1 amide bonds. The van der Waals surface area contributed by atoms with Crippen LogP contribution in [0.1, 0.15) is 63.3 Å². The molecule has 0 unspecified atom stereocenters. The first-order chi connectivity index (χ1) is 12.6. The average molecular weight is 358 g/mol. The number of benzene rings is 1. The fraction of sp³-hybridized carbons (Fsp3) is 0.524. The van der Waals surface area contributed by atoms with Gasteiger partial charge in [0.15, 0.2) is 11.7 Å². The summed E-state index contributed by atoms with van der Waals surface area (Å²) < 4.78 is 5.78. The van der Waals surface area contributed by atoms with Gasteiger partial charge in [0.05, 0.1) is 6.20 Å². The van der Waals surface area contributed by atoms with Crippen molar-refractivity contribution in [3.05, 3.63) is 41.9 Å². The summed E-state index contributed by atoms with van der Waals surface area (Å²) in [6.45, 7) is 5.26. The van der Waals surface area contributed by atoms with Gasteiger partial charge < -0.3 is 14.8 Å². The average Bonchev–Trinajstić information content (AvgIpc) is 3.12. The first-order valence-electron chi connectivity index (χ1n) is 9.52. The molecule has 0 radical (unpaired) electrons. The number of oxazole rings is 1. The van der Waals surface area contributed by atoms with Crippen LogP contribution in [0.4, 0.5) is 0 Å². The molecule has 0 spiro atoms. The number of hydrogen-bond acceptors (Lipinski definition) is 4. The molecule has 1 heterocycles. The number of aryl methyl sites for hydroxylation is 1. The van der Waals surface area contributed by atoms with E-state index in [-0.39, 0.29) is 12.5 Å². The van der Waals surface area contributed by atoms with Gasteiger partial charge in [-0.3, -0.25) is 4.79 Å². The Hall–Kier alpha value is -2.14. The van der Waals surface area contributed by atoms with Gasteiger partial charge in [-0.1, -0.05) is 51.0 Å². The maximum atomic E-state index is 11.9. The number of hydrogen-bond donors (Lipinski definition) is 2. The van der Waals surface area contributed by atoms with Crippen LogP contribution in [0.15, 0.2) is 34.9 Å². The Morgan fingerprint density at radius 3 is 2.58 bits per heavy atom. The van der Waals surface area contributed by atoms with Gasteiger partial charge in [-0.2, -0.15) is 0 Å². The van der Waals surface area contributed by atoms with Gasteiger partial charge in [0.1, 0.15) is 0 Å². The Bertz CT molecular complexity index is 662. The lowest BCUT2D eigenvalue weighted by atomic mass is 10.0. The third-order valence-corrected chi connectivity index (χ3v) is 4.39. The smallest absolute Gasteiger partial charge is 0.220 e. The number of nitrogens with one attached hydrogen (secondary N) is 1. The van der Waals surface area contributed by atoms with Gasteiger partial charge in [0.25, 0.3) is 0 Å². The summed E-state index contributed by atoms with van der Waals surface area (Å²) in [7, 11) is 0. The molecule has 0 saturated carbocycles. The molecule has 0 saturated heterocycles. The van der Waals surface area contributed by atoms with Crippen molar-refractivity contribution in [3.8, 4) is 11.3 Å². The number of amides is 1.